The van der Waals surface area contributed by atoms with E-state index in [1.54, 1.807) is 18.2 Å². The molecule has 0 spiro atoms. The summed E-state index contributed by atoms with van der Waals surface area (Å²) in [6.07, 6.45) is 0. The van der Waals surface area contributed by atoms with Crippen LogP contribution in [0.25, 0.3) is 22.6 Å². The molecule has 0 atom stereocenters. The lowest BCUT2D eigenvalue weighted by molar-refractivity contribution is -0.120. The molecule has 0 aliphatic rings. The van der Waals surface area contributed by atoms with Gasteiger partial charge in [-0.15, -0.1) is 0 Å². The van der Waals surface area contributed by atoms with Crippen LogP contribution in [0.4, 0.5) is 0 Å². The van der Waals surface area contributed by atoms with Gasteiger partial charge in [0.1, 0.15) is 5.69 Å². The Kier molecular flexibility index (Phi) is 2.49. The lowest BCUT2D eigenvalue weighted by Gasteiger charge is -1.98. The minimum Gasteiger partial charge on any atom is -0.410 e. The van der Waals surface area contributed by atoms with Gasteiger partial charge in [-0.25, -0.2) is 9.97 Å². The Morgan fingerprint density at radius 1 is 1.06 bits per heavy atom. The summed E-state index contributed by atoms with van der Waals surface area (Å²) in [6.45, 7) is 0.352. The van der Waals surface area contributed by atoms with E-state index in [4.69, 9.17) is 4.74 Å². The predicted molar refractivity (Wildman–Crippen MR) is 66.0 cm³/mol. The topological polar surface area (TPSA) is 67.9 Å². The van der Waals surface area contributed by atoms with E-state index in [9.17, 15) is 4.79 Å². The molecule has 0 radical (unpaired) electrons. The largest absolute Gasteiger partial charge is 0.410 e. The van der Waals surface area contributed by atoms with Crippen LogP contribution < -0.4 is 4.74 Å². The number of hydrogen-bond donors (Lipinski definition) is 1. The van der Waals surface area contributed by atoms with Crippen LogP contribution in [0.5, 0.6) is 5.88 Å². The third-order valence-corrected chi connectivity index (χ3v) is 2.52. The van der Waals surface area contributed by atoms with Crippen LogP contribution in [-0.2, 0) is 4.79 Å². The third-order valence-electron chi connectivity index (χ3n) is 2.52. The number of aromatic amines is 1. The molecule has 0 amide bonds. The van der Waals surface area contributed by atoms with Gasteiger partial charge in [0.2, 0.25) is 5.88 Å². The molecule has 0 bridgehead atoms. The Morgan fingerprint density at radius 2 is 1.94 bits per heavy atom. The fraction of sp³-hybridized carbons (Fsp3) is 0. The van der Waals surface area contributed by atoms with E-state index < -0.39 is 0 Å². The maximum atomic E-state index is 10.3. The van der Waals surface area contributed by atoms with Gasteiger partial charge in [-0.1, -0.05) is 18.2 Å². The van der Waals surface area contributed by atoms with Gasteiger partial charge in [0.15, 0.2) is 5.82 Å². The highest BCUT2D eigenvalue weighted by Crippen LogP contribution is 2.20. The number of carbonyl (C=O) groups is 1. The molecule has 0 saturated carbocycles. The smallest absolute Gasteiger partial charge is 0.299 e. The van der Waals surface area contributed by atoms with Gasteiger partial charge in [0, 0.05) is 6.07 Å². The van der Waals surface area contributed by atoms with Gasteiger partial charge in [0.25, 0.3) is 6.47 Å². The number of para-hydroxylation sites is 2. The Labute approximate surface area is 102 Å². The summed E-state index contributed by atoms with van der Waals surface area (Å²) < 4.78 is 4.71. The number of imidazole rings is 1. The molecule has 5 nitrogen and oxygen atoms in total. The second-order valence-electron chi connectivity index (χ2n) is 3.68. The summed E-state index contributed by atoms with van der Waals surface area (Å²) >= 11 is 0. The quantitative estimate of drug-likeness (QED) is 0.711. The lowest BCUT2D eigenvalue weighted by atomic mass is 10.3. The van der Waals surface area contributed by atoms with Crippen molar-refractivity contribution in [2.24, 2.45) is 0 Å². The molecule has 1 N–H and O–H groups in total. The van der Waals surface area contributed by atoms with Crippen LogP contribution in [0.15, 0.2) is 42.5 Å². The van der Waals surface area contributed by atoms with E-state index in [1.165, 1.54) is 0 Å². The van der Waals surface area contributed by atoms with Crippen molar-refractivity contribution in [3.05, 3.63) is 42.5 Å². The summed E-state index contributed by atoms with van der Waals surface area (Å²) in [5, 5.41) is 0. The number of nitrogens with zero attached hydrogens (tertiary/aromatic N) is 2. The van der Waals surface area contributed by atoms with Crippen LogP contribution in [0, 0.1) is 0 Å². The Morgan fingerprint density at radius 3 is 2.78 bits per heavy atom. The maximum absolute atomic E-state index is 10.3. The van der Waals surface area contributed by atoms with E-state index in [-0.39, 0.29) is 5.88 Å². The number of ether oxygens (including phenoxy) is 1. The zero-order chi connectivity index (χ0) is 12.4. The molecule has 88 valence electrons. The molecule has 3 aromatic rings. The van der Waals surface area contributed by atoms with Gasteiger partial charge in [-0.05, 0) is 18.2 Å². The van der Waals surface area contributed by atoms with Crippen molar-refractivity contribution < 1.29 is 9.53 Å². The van der Waals surface area contributed by atoms with E-state index in [0.29, 0.717) is 18.0 Å². The highest BCUT2D eigenvalue weighted by molar-refractivity contribution is 5.78. The molecular weight excluding hydrogens is 230 g/mol. The summed E-state index contributed by atoms with van der Waals surface area (Å²) in [5.74, 6) is 0.899. The molecule has 2 heterocycles. The van der Waals surface area contributed by atoms with Crippen LogP contribution >= 0.6 is 0 Å². The molecule has 18 heavy (non-hydrogen) atoms. The van der Waals surface area contributed by atoms with Crippen LogP contribution in [0.1, 0.15) is 0 Å². The number of fused-ring (bicyclic) bond motifs is 1. The number of pyridine rings is 1. The van der Waals surface area contributed by atoms with Gasteiger partial charge >= 0.3 is 0 Å². The van der Waals surface area contributed by atoms with Gasteiger partial charge in [-0.2, -0.15) is 0 Å². The average molecular weight is 239 g/mol. The summed E-state index contributed by atoms with van der Waals surface area (Å²) in [4.78, 5) is 22.0. The maximum Gasteiger partial charge on any atom is 0.299 e. The number of aromatic nitrogens is 3. The molecule has 2 aromatic heterocycles. The van der Waals surface area contributed by atoms with Gasteiger partial charge in [-0.3, -0.25) is 4.79 Å². The predicted octanol–water partition coefficient (Wildman–Crippen LogP) is 2.16. The second-order valence-corrected chi connectivity index (χ2v) is 3.68. The van der Waals surface area contributed by atoms with Crippen molar-refractivity contribution in [3.63, 3.8) is 0 Å². The fourth-order valence-corrected chi connectivity index (χ4v) is 1.74. The van der Waals surface area contributed by atoms with Crippen LogP contribution in [0.2, 0.25) is 0 Å². The summed E-state index contributed by atoms with van der Waals surface area (Å²) in [5.41, 5.74) is 2.44. The number of hydrogen-bond acceptors (Lipinski definition) is 4. The lowest BCUT2D eigenvalue weighted by Crippen LogP contribution is -1.93. The normalized spacial score (nSPS) is 10.4. The van der Waals surface area contributed by atoms with E-state index >= 15 is 0 Å². The number of nitrogens with one attached hydrogen (secondary N) is 1. The molecular formula is C13H9N3O2. The Bertz CT molecular complexity index is 673. The van der Waals surface area contributed by atoms with Crippen LogP contribution in [0.3, 0.4) is 0 Å². The molecule has 0 aliphatic heterocycles. The van der Waals surface area contributed by atoms with Crippen molar-refractivity contribution in [1.29, 1.82) is 0 Å². The molecule has 0 unspecified atom stereocenters. The highest BCUT2D eigenvalue weighted by Gasteiger charge is 2.07. The first-order valence-electron chi connectivity index (χ1n) is 5.39. The Balaban J connectivity index is 2.08. The first-order chi connectivity index (χ1) is 8.86. The number of H-pyrrole nitrogens is 1. The van der Waals surface area contributed by atoms with E-state index in [1.807, 2.05) is 24.3 Å². The minimum atomic E-state index is 0.253. The zero-order valence-corrected chi connectivity index (χ0v) is 9.33. The van der Waals surface area contributed by atoms with Crippen LogP contribution in [-0.4, -0.2) is 21.4 Å². The molecule has 5 heteroatoms. The average Bonchev–Trinajstić information content (AvgIpc) is 2.83. The van der Waals surface area contributed by atoms with Crippen molar-refractivity contribution in [2.75, 3.05) is 0 Å². The summed E-state index contributed by atoms with van der Waals surface area (Å²) in [7, 11) is 0. The standard InChI is InChI=1S/C13H9N3O2/c17-8-18-12-7-3-6-11(14-12)13-15-9-4-1-2-5-10(9)16-13/h1-8H,(H,15,16). The van der Waals surface area contributed by atoms with E-state index in [2.05, 4.69) is 15.0 Å². The van der Waals surface area contributed by atoms with Crippen molar-refractivity contribution >= 4 is 17.5 Å². The minimum absolute atomic E-state index is 0.253. The van der Waals surface area contributed by atoms with E-state index in [0.717, 1.165) is 11.0 Å². The monoisotopic (exact) mass is 239 g/mol. The molecule has 1 aromatic carbocycles. The SMILES string of the molecule is O=COc1cccc(-c2nc3ccccc3[nH]2)n1. The Hall–Kier alpha value is -2.69. The molecule has 0 fully saturated rings. The zero-order valence-electron chi connectivity index (χ0n) is 9.33. The number of rotatable bonds is 3. The number of benzene rings is 1. The highest BCUT2D eigenvalue weighted by atomic mass is 16.5. The molecule has 0 aliphatic carbocycles. The fourth-order valence-electron chi connectivity index (χ4n) is 1.74. The second kappa shape index (κ2) is 4.29. The van der Waals surface area contributed by atoms with Crippen molar-refractivity contribution in [2.45, 2.75) is 0 Å². The number of carbonyl (C=O) groups excluding carboxylic acids is 1. The molecule has 3 rings (SSSR count). The van der Waals surface area contributed by atoms with Gasteiger partial charge in [0.05, 0.1) is 11.0 Å². The first kappa shape index (κ1) is 10.5. The third kappa shape index (κ3) is 1.82. The van der Waals surface area contributed by atoms with Crippen molar-refractivity contribution in [3.8, 4) is 17.4 Å². The summed E-state index contributed by atoms with van der Waals surface area (Å²) in [6, 6.07) is 12.9. The van der Waals surface area contributed by atoms with Gasteiger partial charge < -0.3 is 9.72 Å². The molecule has 0 saturated heterocycles. The van der Waals surface area contributed by atoms with Crippen molar-refractivity contribution in [1.82, 2.24) is 15.0 Å². The first-order valence-corrected chi connectivity index (χ1v) is 5.39.